The Kier molecular flexibility index (Phi) is 20.6. The van der Waals surface area contributed by atoms with E-state index in [2.05, 4.69) is 36.6 Å². The van der Waals surface area contributed by atoms with Gasteiger partial charge in [-0.1, -0.05) is 101 Å². The number of carbonyl (C=O) groups excluding carboxylic acids is 6. The van der Waals surface area contributed by atoms with Crippen LogP contribution in [0.5, 0.6) is 0 Å². The molecule has 2 aromatic carbocycles. The maximum absolute atomic E-state index is 14.0. The Hall–Kier alpha value is -6.29. The Bertz CT molecular complexity index is 2800. The van der Waals surface area contributed by atoms with Crippen LogP contribution in [0, 0.1) is 12.3 Å². The molecule has 4 atom stereocenters. The molecule has 6 amide bonds. The first-order valence-corrected chi connectivity index (χ1v) is 28.7. The van der Waals surface area contributed by atoms with Gasteiger partial charge in [-0.05, 0) is 61.6 Å². The largest absolute Gasteiger partial charge is 0.391 e. The predicted octanol–water partition coefficient (Wildman–Crippen LogP) is 6.80. The second-order valence-corrected chi connectivity index (χ2v) is 23.4. The molecular formula is C53H69N9O9S3. The molecule has 6 N–H and O–H groups in total. The number of nitrogens with one attached hydrogen (secondary N) is 5. The fourth-order valence-electron chi connectivity index (χ4n) is 8.57. The van der Waals surface area contributed by atoms with Gasteiger partial charge >= 0.3 is 0 Å². The van der Waals surface area contributed by atoms with Crippen LogP contribution in [0.2, 0.25) is 0 Å². The molecule has 0 spiro atoms. The van der Waals surface area contributed by atoms with E-state index in [1.165, 1.54) is 34.7 Å². The lowest BCUT2D eigenvalue weighted by atomic mass is 9.85. The summed E-state index contributed by atoms with van der Waals surface area (Å²) in [6, 6.07) is 16.0. The summed E-state index contributed by atoms with van der Waals surface area (Å²) in [5, 5.41) is 27.1. The molecule has 1 aliphatic heterocycles. The van der Waals surface area contributed by atoms with Crippen molar-refractivity contribution in [1.82, 2.24) is 40.1 Å². The zero-order chi connectivity index (χ0) is 53.4. The van der Waals surface area contributed by atoms with Crippen molar-refractivity contribution in [1.29, 1.82) is 0 Å². The van der Waals surface area contributed by atoms with E-state index in [-0.39, 0.29) is 55.6 Å². The number of aliphatic hydroxyl groups excluding tert-OH is 1. The van der Waals surface area contributed by atoms with Crippen LogP contribution in [0.4, 0.5) is 5.13 Å². The molecule has 0 bridgehead atoms. The monoisotopic (exact) mass is 1070 g/mol. The number of carbonyl (C=O) groups is 6. The van der Waals surface area contributed by atoms with E-state index in [1.54, 1.807) is 11.3 Å². The van der Waals surface area contributed by atoms with Gasteiger partial charge in [0.05, 0.1) is 39.7 Å². The van der Waals surface area contributed by atoms with Crippen molar-refractivity contribution in [2.24, 2.45) is 5.41 Å². The number of nitrogens with zero attached hydrogens (tertiary/aromatic N) is 4. The summed E-state index contributed by atoms with van der Waals surface area (Å²) in [5.41, 5.74) is 5.71. The van der Waals surface area contributed by atoms with Gasteiger partial charge in [0.15, 0.2) is 5.13 Å². The normalized spacial score (nSPS) is 15.5. The molecule has 398 valence electrons. The Morgan fingerprint density at radius 2 is 1.51 bits per heavy atom. The molecule has 6 rings (SSSR count). The van der Waals surface area contributed by atoms with Gasteiger partial charge in [-0.3, -0.25) is 32.7 Å². The van der Waals surface area contributed by atoms with E-state index in [9.17, 15) is 42.3 Å². The molecule has 0 unspecified atom stereocenters. The molecule has 1 aliphatic rings. The predicted molar refractivity (Wildman–Crippen MR) is 288 cm³/mol. The highest BCUT2D eigenvalue weighted by atomic mass is 32.2. The van der Waals surface area contributed by atoms with Gasteiger partial charge in [0.1, 0.15) is 18.1 Å². The number of anilines is 1. The van der Waals surface area contributed by atoms with Gasteiger partial charge in [-0.15, -0.1) is 22.7 Å². The number of hydrogen-bond donors (Lipinski definition) is 6. The summed E-state index contributed by atoms with van der Waals surface area (Å²) in [6.45, 7) is 8.18. The average molecular weight is 1070 g/mol. The number of hydrogen-bond acceptors (Lipinski definition) is 13. The Labute approximate surface area is 441 Å². The number of β-amino-alcohol motifs (C(OH)–C–C–N with tert-alkyl or cyclic N) is 1. The standard InChI is InChI=1S/C53H69N9O9S3/c1-35-46(73-34-56-35)38-24-22-36(23-25-38)30-55-50(68)43-29-40(63)32-62(43)51(69)47(53(2,3)4)59-45(65)21-14-9-7-6-8-13-20-44(64)54-27-16-15-19-41(57-48(66)39-26-28-61(31-39)74(5,70)71)49(67)60-52-58-42(33-72-52)37-17-11-10-12-18-37/h10-12,17-18,22-26,28,31,33-34,40-41,43,47,63H,6-9,13-16,19-21,27,29-30,32H2,1-5H3,(H,54,64)(H,55,68)(H,57,66)(H,59,65)(H,58,60,67)/t40-,41+,43+,47-/m1/s1. The third-order valence-corrected chi connectivity index (χ3v) is 15.5. The van der Waals surface area contributed by atoms with Crippen molar-refractivity contribution in [2.45, 2.75) is 136 Å². The van der Waals surface area contributed by atoms with Gasteiger partial charge in [0, 0.05) is 62.2 Å². The van der Waals surface area contributed by atoms with Crippen molar-refractivity contribution < 1.29 is 42.3 Å². The second-order valence-electron chi connectivity index (χ2n) is 19.8. The summed E-state index contributed by atoms with van der Waals surface area (Å²) in [6.07, 6.45) is 9.32. The minimum absolute atomic E-state index is 0.00332. The van der Waals surface area contributed by atoms with Gasteiger partial charge < -0.3 is 36.6 Å². The number of amides is 6. The zero-order valence-electron chi connectivity index (χ0n) is 42.7. The summed E-state index contributed by atoms with van der Waals surface area (Å²) < 4.78 is 24.9. The molecule has 3 aromatic heterocycles. The second kappa shape index (κ2) is 26.8. The molecule has 1 fully saturated rings. The van der Waals surface area contributed by atoms with Crippen LogP contribution < -0.4 is 26.6 Å². The first-order valence-electron chi connectivity index (χ1n) is 25.1. The maximum atomic E-state index is 14.0. The number of unbranched alkanes of at least 4 members (excludes halogenated alkanes) is 6. The van der Waals surface area contributed by atoms with Crippen molar-refractivity contribution in [3.8, 4) is 21.7 Å². The molecule has 21 heteroatoms. The van der Waals surface area contributed by atoms with Crippen LogP contribution >= 0.6 is 22.7 Å². The average Bonchev–Trinajstić information content (AvgIpc) is 4.21. The molecule has 5 aromatic rings. The van der Waals surface area contributed by atoms with Crippen LogP contribution in [0.3, 0.4) is 0 Å². The van der Waals surface area contributed by atoms with E-state index in [4.69, 9.17) is 0 Å². The third kappa shape index (κ3) is 16.9. The Morgan fingerprint density at radius 1 is 0.824 bits per heavy atom. The third-order valence-electron chi connectivity index (χ3n) is 12.7. The summed E-state index contributed by atoms with van der Waals surface area (Å²) in [5.74, 6) is -2.19. The maximum Gasteiger partial charge on any atom is 0.253 e. The van der Waals surface area contributed by atoms with Crippen molar-refractivity contribution in [3.63, 3.8) is 0 Å². The minimum Gasteiger partial charge on any atom is -0.391 e. The van der Waals surface area contributed by atoms with Crippen molar-refractivity contribution >= 4 is 73.3 Å². The number of rotatable bonds is 26. The number of aromatic nitrogens is 3. The summed E-state index contributed by atoms with van der Waals surface area (Å²) >= 11 is 2.82. The van der Waals surface area contributed by atoms with E-state index in [0.717, 1.165) is 63.2 Å². The number of likely N-dealkylation sites (tertiary alicyclic amines) is 1. The molecule has 4 heterocycles. The van der Waals surface area contributed by atoms with Gasteiger partial charge in [0.25, 0.3) is 5.91 Å². The van der Waals surface area contributed by atoms with E-state index in [1.807, 2.05) is 93.2 Å². The van der Waals surface area contributed by atoms with Gasteiger partial charge in [0.2, 0.25) is 39.6 Å². The molecular weight excluding hydrogens is 1000 g/mol. The molecule has 74 heavy (non-hydrogen) atoms. The molecule has 0 saturated carbocycles. The highest BCUT2D eigenvalue weighted by molar-refractivity contribution is 7.89. The minimum atomic E-state index is -3.61. The van der Waals surface area contributed by atoms with E-state index in [0.29, 0.717) is 49.5 Å². The van der Waals surface area contributed by atoms with E-state index < -0.39 is 57.4 Å². The lowest BCUT2D eigenvalue weighted by Gasteiger charge is -2.35. The van der Waals surface area contributed by atoms with Crippen molar-refractivity contribution in [3.05, 3.63) is 101 Å². The van der Waals surface area contributed by atoms with E-state index >= 15 is 0 Å². The Morgan fingerprint density at radius 3 is 2.16 bits per heavy atom. The van der Waals surface area contributed by atoms with Crippen LogP contribution in [-0.2, 0) is 40.5 Å². The smallest absolute Gasteiger partial charge is 0.253 e. The molecule has 1 saturated heterocycles. The number of thiazole rings is 2. The SMILES string of the molecule is Cc1ncsc1-c1ccc(CNC(=O)[C@@H]2C[C@@H](O)CN2C(=O)[C@@H](NC(=O)CCCCCCCCC(=O)NCCCC[C@H](NC(=O)c2ccn(S(C)(=O)=O)c2)C(=O)Nc2nc(-c3ccccc3)cs2)C(C)(C)C)cc1. The van der Waals surface area contributed by atoms with Crippen molar-refractivity contribution in [2.75, 3.05) is 24.7 Å². The van der Waals surface area contributed by atoms with Gasteiger partial charge in [-0.25, -0.2) is 18.4 Å². The fourth-order valence-corrected chi connectivity index (χ4v) is 10.7. The number of aliphatic hydroxyl groups is 1. The quantitative estimate of drug-likeness (QED) is 0.0314. The number of benzene rings is 2. The van der Waals surface area contributed by atoms with Gasteiger partial charge in [-0.2, -0.15) is 0 Å². The van der Waals surface area contributed by atoms with Crippen LogP contribution in [0.25, 0.3) is 21.7 Å². The number of aryl methyl sites for hydroxylation is 1. The first-order chi connectivity index (χ1) is 35.3. The van der Waals surface area contributed by atoms with Crippen LogP contribution in [0.15, 0.2) is 83.9 Å². The lowest BCUT2D eigenvalue weighted by Crippen LogP contribution is -2.57. The lowest BCUT2D eigenvalue weighted by molar-refractivity contribution is -0.144. The molecule has 0 radical (unpaired) electrons. The first kappa shape index (κ1) is 57.0. The molecule has 0 aliphatic carbocycles. The fraction of sp³-hybridized carbons (Fsp3) is 0.472. The summed E-state index contributed by atoms with van der Waals surface area (Å²) in [7, 11) is -3.61. The topological polar surface area (TPSA) is 251 Å². The van der Waals surface area contributed by atoms with Crippen LogP contribution in [-0.4, -0.2) is 111 Å². The highest BCUT2D eigenvalue weighted by Crippen LogP contribution is 2.29. The Balaban J connectivity index is 0.859. The molecule has 18 nitrogen and oxygen atoms in total. The highest BCUT2D eigenvalue weighted by Gasteiger charge is 2.44. The zero-order valence-corrected chi connectivity index (χ0v) is 45.2. The van der Waals surface area contributed by atoms with Crippen LogP contribution in [0.1, 0.15) is 119 Å². The summed E-state index contributed by atoms with van der Waals surface area (Å²) in [4.78, 5) is 91.3.